The van der Waals surface area contributed by atoms with Crippen molar-refractivity contribution in [3.05, 3.63) is 45.4 Å². The van der Waals surface area contributed by atoms with Crippen LogP contribution >= 0.6 is 11.3 Å². The molecule has 0 saturated carbocycles. The number of hydrogen-bond donors (Lipinski definition) is 0. The van der Waals surface area contributed by atoms with E-state index in [1.807, 2.05) is 29.3 Å². The number of rotatable bonds is 4. The molecular formula is C18H20N2O3S. The van der Waals surface area contributed by atoms with E-state index >= 15 is 0 Å². The Morgan fingerprint density at radius 3 is 2.92 bits per heavy atom. The number of aromatic nitrogens is 1. The van der Waals surface area contributed by atoms with Gasteiger partial charge in [0.15, 0.2) is 0 Å². The monoisotopic (exact) mass is 344 g/mol. The summed E-state index contributed by atoms with van der Waals surface area (Å²) in [5.41, 5.74) is 3.28. The molecule has 1 aliphatic rings. The summed E-state index contributed by atoms with van der Waals surface area (Å²) in [5, 5.41) is 2.90. The molecule has 0 N–H and O–H groups in total. The lowest BCUT2D eigenvalue weighted by Crippen LogP contribution is -2.36. The molecule has 5 nitrogen and oxygen atoms in total. The highest BCUT2D eigenvalue weighted by atomic mass is 32.1. The minimum Gasteiger partial charge on any atom is -0.462 e. The van der Waals surface area contributed by atoms with Crippen LogP contribution in [0, 0.1) is 6.92 Å². The Kier molecular flexibility index (Phi) is 4.94. The summed E-state index contributed by atoms with van der Waals surface area (Å²) < 4.78 is 5.05. The van der Waals surface area contributed by atoms with Crippen molar-refractivity contribution in [2.75, 3.05) is 18.1 Å². The molecule has 1 aromatic heterocycles. The zero-order valence-corrected chi connectivity index (χ0v) is 14.7. The minimum absolute atomic E-state index is 0.0464. The predicted octanol–water partition coefficient (Wildman–Crippen LogP) is 3.15. The van der Waals surface area contributed by atoms with E-state index in [2.05, 4.69) is 4.98 Å². The summed E-state index contributed by atoms with van der Waals surface area (Å²) in [5.74, 6) is -0.271. The Labute approximate surface area is 145 Å². The Hall–Kier alpha value is -2.21. The quantitative estimate of drug-likeness (QED) is 0.800. The molecule has 0 atom stereocenters. The van der Waals surface area contributed by atoms with Gasteiger partial charge in [-0.2, -0.15) is 0 Å². The Bertz CT molecular complexity index is 769. The van der Waals surface area contributed by atoms with E-state index in [0.29, 0.717) is 25.1 Å². The molecule has 0 spiro atoms. The molecule has 0 fully saturated rings. The topological polar surface area (TPSA) is 59.5 Å². The maximum atomic E-state index is 12.7. The van der Waals surface area contributed by atoms with Gasteiger partial charge in [0.1, 0.15) is 0 Å². The summed E-state index contributed by atoms with van der Waals surface area (Å²) >= 11 is 1.56. The average Bonchev–Trinajstić information content (AvgIpc) is 2.98. The molecule has 0 bridgehead atoms. The van der Waals surface area contributed by atoms with Crippen molar-refractivity contribution in [3.8, 4) is 0 Å². The summed E-state index contributed by atoms with van der Waals surface area (Å²) in [6.45, 7) is 4.78. The lowest BCUT2D eigenvalue weighted by molar-refractivity contribution is -0.118. The number of anilines is 1. The fraction of sp³-hybridized carbons (Fsp3) is 0.389. The van der Waals surface area contributed by atoms with Crippen molar-refractivity contribution >= 4 is 28.9 Å². The van der Waals surface area contributed by atoms with Gasteiger partial charge in [0.2, 0.25) is 5.91 Å². The van der Waals surface area contributed by atoms with Crippen LogP contribution in [0.3, 0.4) is 0 Å². The number of thiazole rings is 1. The molecule has 2 aromatic rings. The summed E-state index contributed by atoms with van der Waals surface area (Å²) in [7, 11) is 0. The van der Waals surface area contributed by atoms with Gasteiger partial charge in [0.05, 0.1) is 29.3 Å². The number of esters is 1. The number of hydrogen-bond acceptors (Lipinski definition) is 5. The molecule has 1 aliphatic heterocycles. The molecule has 6 heteroatoms. The molecule has 3 rings (SSSR count). The molecule has 0 aliphatic carbocycles. The number of amides is 1. The predicted molar refractivity (Wildman–Crippen MR) is 93.6 cm³/mol. The van der Waals surface area contributed by atoms with Crippen LogP contribution in [0.15, 0.2) is 23.6 Å². The van der Waals surface area contributed by atoms with E-state index < -0.39 is 0 Å². The number of aryl methyl sites for hydroxylation is 2. The lowest BCUT2D eigenvalue weighted by Gasteiger charge is -2.29. The van der Waals surface area contributed by atoms with Crippen LogP contribution in [-0.2, 0) is 22.4 Å². The smallest absolute Gasteiger partial charge is 0.338 e. The van der Waals surface area contributed by atoms with E-state index in [4.69, 9.17) is 4.74 Å². The van der Waals surface area contributed by atoms with Gasteiger partial charge in [-0.3, -0.25) is 4.79 Å². The van der Waals surface area contributed by atoms with Gasteiger partial charge in [0.25, 0.3) is 0 Å². The van der Waals surface area contributed by atoms with Crippen molar-refractivity contribution in [1.29, 1.82) is 0 Å². The van der Waals surface area contributed by atoms with Crippen molar-refractivity contribution in [1.82, 2.24) is 4.98 Å². The van der Waals surface area contributed by atoms with E-state index in [0.717, 1.165) is 34.8 Å². The van der Waals surface area contributed by atoms with Crippen LogP contribution in [0.2, 0.25) is 0 Å². The molecule has 126 valence electrons. The van der Waals surface area contributed by atoms with E-state index in [1.54, 1.807) is 24.3 Å². The molecular weight excluding hydrogens is 324 g/mol. The number of ether oxygens (including phenoxy) is 1. The molecule has 1 amide bonds. The van der Waals surface area contributed by atoms with Crippen LogP contribution in [0.4, 0.5) is 5.69 Å². The van der Waals surface area contributed by atoms with Crippen LogP contribution in [0.1, 0.15) is 40.0 Å². The third-order valence-corrected chi connectivity index (χ3v) is 4.83. The first kappa shape index (κ1) is 16.6. The van der Waals surface area contributed by atoms with Crippen LogP contribution in [-0.4, -0.2) is 30.0 Å². The standard InChI is InChI=1S/C18H20N2O3S/c1-3-23-18(22)14-6-7-16-13(9-14)5-4-8-20(16)17(21)10-15-11-24-12(2)19-15/h6-7,9,11H,3-5,8,10H2,1-2H3. The largest absolute Gasteiger partial charge is 0.462 e. The average molecular weight is 344 g/mol. The second-order valence-corrected chi connectivity index (χ2v) is 6.81. The number of carbonyl (C=O) groups is 2. The number of nitrogens with zero attached hydrogens (tertiary/aromatic N) is 2. The van der Waals surface area contributed by atoms with Crippen LogP contribution in [0.25, 0.3) is 0 Å². The van der Waals surface area contributed by atoms with Gasteiger partial charge >= 0.3 is 5.97 Å². The normalized spacial score (nSPS) is 13.5. The summed E-state index contributed by atoms with van der Waals surface area (Å²) in [4.78, 5) is 30.7. The minimum atomic E-state index is -0.318. The third kappa shape index (κ3) is 3.48. The zero-order valence-electron chi connectivity index (χ0n) is 13.9. The van der Waals surface area contributed by atoms with Crippen LogP contribution in [0.5, 0.6) is 0 Å². The third-order valence-electron chi connectivity index (χ3n) is 4.01. The van der Waals surface area contributed by atoms with Gasteiger partial charge in [-0.25, -0.2) is 9.78 Å². The number of fused-ring (bicyclic) bond motifs is 1. The Morgan fingerprint density at radius 2 is 2.21 bits per heavy atom. The van der Waals surface area contributed by atoms with Crippen molar-refractivity contribution in [3.63, 3.8) is 0 Å². The van der Waals surface area contributed by atoms with Gasteiger partial charge in [0, 0.05) is 17.6 Å². The van der Waals surface area contributed by atoms with Gasteiger partial charge in [-0.15, -0.1) is 11.3 Å². The molecule has 24 heavy (non-hydrogen) atoms. The Balaban J connectivity index is 1.80. The highest BCUT2D eigenvalue weighted by Crippen LogP contribution is 2.29. The van der Waals surface area contributed by atoms with E-state index in [-0.39, 0.29) is 11.9 Å². The van der Waals surface area contributed by atoms with Gasteiger partial charge in [-0.05, 0) is 50.5 Å². The van der Waals surface area contributed by atoms with Crippen molar-refractivity contribution in [2.45, 2.75) is 33.1 Å². The van der Waals surface area contributed by atoms with Crippen molar-refractivity contribution in [2.24, 2.45) is 0 Å². The zero-order chi connectivity index (χ0) is 17.1. The lowest BCUT2D eigenvalue weighted by atomic mass is 9.98. The first-order valence-corrected chi connectivity index (χ1v) is 8.98. The molecule has 0 radical (unpaired) electrons. The second-order valence-electron chi connectivity index (χ2n) is 5.75. The number of carbonyl (C=O) groups excluding carboxylic acids is 2. The summed E-state index contributed by atoms with van der Waals surface area (Å²) in [6, 6.07) is 5.43. The van der Waals surface area contributed by atoms with E-state index in [1.165, 1.54) is 0 Å². The van der Waals surface area contributed by atoms with Gasteiger partial charge in [-0.1, -0.05) is 0 Å². The fourth-order valence-corrected chi connectivity index (χ4v) is 3.55. The molecule has 0 unspecified atom stereocenters. The number of benzene rings is 1. The maximum absolute atomic E-state index is 12.7. The van der Waals surface area contributed by atoms with E-state index in [9.17, 15) is 9.59 Å². The Morgan fingerprint density at radius 1 is 1.38 bits per heavy atom. The molecule has 0 saturated heterocycles. The maximum Gasteiger partial charge on any atom is 0.338 e. The first-order chi connectivity index (χ1) is 11.6. The second kappa shape index (κ2) is 7.13. The summed E-state index contributed by atoms with van der Waals surface area (Å²) in [6.07, 6.45) is 2.06. The van der Waals surface area contributed by atoms with Crippen molar-refractivity contribution < 1.29 is 14.3 Å². The van der Waals surface area contributed by atoms with Crippen LogP contribution < -0.4 is 4.90 Å². The first-order valence-electron chi connectivity index (χ1n) is 8.10. The highest BCUT2D eigenvalue weighted by molar-refractivity contribution is 7.09. The highest BCUT2D eigenvalue weighted by Gasteiger charge is 2.24. The molecule has 1 aromatic carbocycles. The van der Waals surface area contributed by atoms with Gasteiger partial charge < -0.3 is 9.64 Å². The molecule has 2 heterocycles. The SMILES string of the molecule is CCOC(=O)c1ccc2c(c1)CCCN2C(=O)Cc1csc(C)n1. The fourth-order valence-electron chi connectivity index (χ4n) is 2.94.